The Hall–Kier alpha value is -3.30. The van der Waals surface area contributed by atoms with Crippen molar-refractivity contribution in [1.82, 2.24) is 19.6 Å². The van der Waals surface area contributed by atoms with Gasteiger partial charge in [-0.2, -0.15) is 18.4 Å². The smallest absolute Gasteiger partial charge is 0.289 e. The number of carbonyl (C=O) groups excluding carboxylic acids is 1. The summed E-state index contributed by atoms with van der Waals surface area (Å²) in [7, 11) is 1.65. The summed E-state index contributed by atoms with van der Waals surface area (Å²) in [5.41, 5.74) is 5.33. The highest BCUT2D eigenvalue weighted by Gasteiger charge is 2.29. The fourth-order valence-electron chi connectivity index (χ4n) is 2.37. The number of primary amides is 1. The molecule has 3 rings (SSSR count). The van der Waals surface area contributed by atoms with E-state index in [1.54, 1.807) is 13.1 Å². The number of hydrogen-bond acceptors (Lipinski definition) is 6. The van der Waals surface area contributed by atoms with Crippen molar-refractivity contribution in [3.05, 3.63) is 41.9 Å². The van der Waals surface area contributed by atoms with Crippen LogP contribution in [0.4, 0.5) is 26.1 Å². The van der Waals surface area contributed by atoms with Gasteiger partial charge in [-0.15, -0.1) is 0 Å². The SMILES string of the molecule is CNc1cc(Nc2cccnc2C(C)(F)F)nc2c(C(N)=O)cnn12. The van der Waals surface area contributed by atoms with E-state index in [4.69, 9.17) is 5.73 Å². The fourth-order valence-corrected chi connectivity index (χ4v) is 2.37. The summed E-state index contributed by atoms with van der Waals surface area (Å²) in [5, 5.41) is 9.76. The maximum Gasteiger partial charge on any atom is 0.289 e. The molecule has 0 saturated heterocycles. The molecule has 3 heterocycles. The molecule has 0 unspecified atom stereocenters. The van der Waals surface area contributed by atoms with E-state index in [1.807, 2.05) is 0 Å². The topological polar surface area (TPSA) is 110 Å². The standard InChI is InChI=1S/C15H15F2N7O/c1-15(16,17)12-9(4-3-5-20-12)22-10-6-11(19-2)24-14(23-10)8(7-21-24)13(18)25/h3-7,19H,1-2H3,(H2,18,25)(H,22,23). The van der Waals surface area contributed by atoms with Crippen molar-refractivity contribution in [1.29, 1.82) is 0 Å². The molecule has 4 N–H and O–H groups in total. The summed E-state index contributed by atoms with van der Waals surface area (Å²) >= 11 is 0. The first-order valence-corrected chi connectivity index (χ1v) is 7.28. The van der Waals surface area contributed by atoms with Gasteiger partial charge in [0.25, 0.3) is 11.8 Å². The summed E-state index contributed by atoms with van der Waals surface area (Å²) in [6, 6.07) is 4.56. The third-order valence-electron chi connectivity index (χ3n) is 3.48. The first-order valence-electron chi connectivity index (χ1n) is 7.28. The van der Waals surface area contributed by atoms with Gasteiger partial charge >= 0.3 is 0 Å². The minimum Gasteiger partial charge on any atom is -0.373 e. The van der Waals surface area contributed by atoms with Crippen molar-refractivity contribution in [2.24, 2.45) is 5.73 Å². The normalized spacial score (nSPS) is 11.5. The quantitative estimate of drug-likeness (QED) is 0.652. The zero-order valence-electron chi connectivity index (χ0n) is 13.4. The monoisotopic (exact) mass is 347 g/mol. The Kier molecular flexibility index (Phi) is 3.95. The van der Waals surface area contributed by atoms with Gasteiger partial charge in [-0.3, -0.25) is 9.78 Å². The number of nitrogens with two attached hydrogens (primary N) is 1. The summed E-state index contributed by atoms with van der Waals surface area (Å²) in [6.45, 7) is 0.762. The number of carbonyl (C=O) groups is 1. The first kappa shape index (κ1) is 16.6. The number of alkyl halides is 2. The van der Waals surface area contributed by atoms with Crippen molar-refractivity contribution in [2.45, 2.75) is 12.8 Å². The molecule has 0 spiro atoms. The average molecular weight is 347 g/mol. The molecule has 25 heavy (non-hydrogen) atoms. The molecule has 0 aromatic carbocycles. The predicted molar refractivity (Wildman–Crippen MR) is 88.1 cm³/mol. The van der Waals surface area contributed by atoms with Crippen molar-refractivity contribution < 1.29 is 13.6 Å². The molecule has 3 aromatic heterocycles. The number of halogens is 2. The molecule has 0 bridgehead atoms. The maximum atomic E-state index is 13.7. The lowest BCUT2D eigenvalue weighted by Gasteiger charge is -2.16. The minimum atomic E-state index is -3.13. The number of pyridine rings is 1. The van der Waals surface area contributed by atoms with Gasteiger partial charge in [0.2, 0.25) is 0 Å². The van der Waals surface area contributed by atoms with Gasteiger partial charge in [0.15, 0.2) is 5.65 Å². The molecular formula is C15H15F2N7O. The number of fused-ring (bicyclic) bond motifs is 1. The molecule has 8 nitrogen and oxygen atoms in total. The van der Waals surface area contributed by atoms with Crippen LogP contribution in [-0.4, -0.2) is 32.5 Å². The second-order valence-corrected chi connectivity index (χ2v) is 5.35. The summed E-state index contributed by atoms with van der Waals surface area (Å²) < 4.78 is 28.8. The van der Waals surface area contributed by atoms with Crippen LogP contribution in [0.2, 0.25) is 0 Å². The Labute approximate surface area is 141 Å². The van der Waals surface area contributed by atoms with Crippen LogP contribution in [-0.2, 0) is 5.92 Å². The third kappa shape index (κ3) is 3.05. The number of nitrogens with one attached hydrogen (secondary N) is 2. The van der Waals surface area contributed by atoms with Crippen LogP contribution in [0.25, 0.3) is 5.65 Å². The molecule has 130 valence electrons. The van der Waals surface area contributed by atoms with E-state index in [0.29, 0.717) is 5.82 Å². The molecule has 1 amide bonds. The number of hydrogen-bond donors (Lipinski definition) is 3. The van der Waals surface area contributed by atoms with Crippen LogP contribution in [0.5, 0.6) is 0 Å². The van der Waals surface area contributed by atoms with Gasteiger partial charge in [0.05, 0.1) is 11.9 Å². The van der Waals surface area contributed by atoms with Gasteiger partial charge < -0.3 is 16.4 Å². The summed E-state index contributed by atoms with van der Waals surface area (Å²) in [5.74, 6) is -3.09. The zero-order valence-corrected chi connectivity index (χ0v) is 13.4. The van der Waals surface area contributed by atoms with Crippen LogP contribution < -0.4 is 16.4 Å². The van der Waals surface area contributed by atoms with Gasteiger partial charge in [0.1, 0.15) is 22.9 Å². The molecule has 0 radical (unpaired) electrons. The Bertz CT molecular complexity index is 949. The molecule has 0 aliphatic heterocycles. The number of aromatic nitrogens is 4. The van der Waals surface area contributed by atoms with Gasteiger partial charge in [0, 0.05) is 26.2 Å². The van der Waals surface area contributed by atoms with Crippen LogP contribution in [0.15, 0.2) is 30.6 Å². The fraction of sp³-hybridized carbons (Fsp3) is 0.200. The Morgan fingerprint density at radius 1 is 1.40 bits per heavy atom. The van der Waals surface area contributed by atoms with Crippen LogP contribution >= 0.6 is 0 Å². The molecule has 0 aliphatic rings. The second-order valence-electron chi connectivity index (χ2n) is 5.35. The van der Waals surface area contributed by atoms with Gasteiger partial charge in [-0.25, -0.2) is 4.98 Å². The Morgan fingerprint density at radius 2 is 2.16 bits per heavy atom. The van der Waals surface area contributed by atoms with Crippen molar-refractivity contribution >= 4 is 28.9 Å². The summed E-state index contributed by atoms with van der Waals surface area (Å²) in [4.78, 5) is 19.5. The lowest BCUT2D eigenvalue weighted by atomic mass is 10.2. The highest BCUT2D eigenvalue weighted by Crippen LogP contribution is 2.32. The molecule has 0 atom stereocenters. The van der Waals surface area contributed by atoms with Crippen molar-refractivity contribution in [2.75, 3.05) is 17.7 Å². The van der Waals surface area contributed by atoms with Crippen LogP contribution in [0.3, 0.4) is 0 Å². The third-order valence-corrected chi connectivity index (χ3v) is 3.48. The van der Waals surface area contributed by atoms with Crippen molar-refractivity contribution in [3.63, 3.8) is 0 Å². The van der Waals surface area contributed by atoms with Crippen molar-refractivity contribution in [3.8, 4) is 0 Å². The molecular weight excluding hydrogens is 332 g/mol. The first-order chi connectivity index (χ1) is 11.8. The largest absolute Gasteiger partial charge is 0.373 e. The van der Waals surface area contributed by atoms with E-state index >= 15 is 0 Å². The zero-order chi connectivity index (χ0) is 18.2. The van der Waals surface area contributed by atoms with E-state index in [9.17, 15) is 13.6 Å². The van der Waals surface area contributed by atoms with Gasteiger partial charge in [-0.05, 0) is 12.1 Å². The molecule has 10 heteroatoms. The van der Waals surface area contributed by atoms with Gasteiger partial charge in [-0.1, -0.05) is 0 Å². The van der Waals surface area contributed by atoms with Crippen LogP contribution in [0, 0.1) is 0 Å². The maximum absolute atomic E-state index is 13.7. The lowest BCUT2D eigenvalue weighted by molar-refractivity contribution is 0.0136. The predicted octanol–water partition coefficient (Wildman–Crippen LogP) is 2.12. The minimum absolute atomic E-state index is 0.106. The molecule has 0 fully saturated rings. The van der Waals surface area contributed by atoms with E-state index in [1.165, 1.54) is 29.0 Å². The Morgan fingerprint density at radius 3 is 2.80 bits per heavy atom. The van der Waals surface area contributed by atoms with E-state index < -0.39 is 17.5 Å². The molecule has 0 saturated carbocycles. The molecule has 0 aliphatic carbocycles. The average Bonchev–Trinajstić information content (AvgIpc) is 2.97. The number of nitrogens with zero attached hydrogens (tertiary/aromatic N) is 4. The number of amides is 1. The summed E-state index contributed by atoms with van der Waals surface area (Å²) in [6.07, 6.45) is 2.58. The second kappa shape index (κ2) is 5.96. The highest BCUT2D eigenvalue weighted by molar-refractivity contribution is 5.98. The Balaban J connectivity index is 2.11. The van der Waals surface area contributed by atoms with Crippen LogP contribution in [0.1, 0.15) is 23.0 Å². The number of anilines is 3. The molecule has 3 aromatic rings. The highest BCUT2D eigenvalue weighted by atomic mass is 19.3. The van der Waals surface area contributed by atoms with E-state index in [-0.39, 0.29) is 22.7 Å². The number of rotatable bonds is 5. The lowest BCUT2D eigenvalue weighted by Crippen LogP contribution is -2.14. The van der Waals surface area contributed by atoms with E-state index in [2.05, 4.69) is 25.7 Å². The van der Waals surface area contributed by atoms with E-state index in [0.717, 1.165) is 6.92 Å².